The number of carbonyl (C=O) groups is 3. The Labute approximate surface area is 194 Å². The number of halogens is 2. The third-order valence-electron chi connectivity index (χ3n) is 5.07. The summed E-state index contributed by atoms with van der Waals surface area (Å²) in [6.45, 7) is 0.304. The monoisotopic (exact) mass is 465 g/mol. The van der Waals surface area contributed by atoms with Crippen LogP contribution in [0.3, 0.4) is 0 Å². The van der Waals surface area contributed by atoms with Gasteiger partial charge < -0.3 is 10.2 Å². The van der Waals surface area contributed by atoms with Crippen LogP contribution >= 0.6 is 23.2 Å². The molecule has 2 aromatic carbocycles. The van der Waals surface area contributed by atoms with E-state index in [9.17, 15) is 14.4 Å². The van der Waals surface area contributed by atoms with Crippen LogP contribution in [-0.4, -0.2) is 29.6 Å². The van der Waals surface area contributed by atoms with Crippen molar-refractivity contribution in [1.82, 2.24) is 10.3 Å². The highest BCUT2D eigenvalue weighted by atomic mass is 35.5. The lowest BCUT2D eigenvalue weighted by molar-refractivity contribution is -0.114. The fourth-order valence-corrected chi connectivity index (χ4v) is 3.67. The molecule has 0 aliphatic carbocycles. The summed E-state index contributed by atoms with van der Waals surface area (Å²) in [5.41, 5.74) is 2.43. The number of likely N-dealkylation sites (N-methyl/N-ethyl adjacent to an activating group) is 1. The molecule has 0 radical (unpaired) electrons. The molecule has 0 saturated heterocycles. The van der Waals surface area contributed by atoms with E-state index in [0.29, 0.717) is 33.4 Å². The van der Waals surface area contributed by atoms with E-state index in [-0.39, 0.29) is 17.0 Å². The number of aromatic nitrogens is 1. The number of benzene rings is 2. The maximum atomic E-state index is 13.2. The first-order valence-electron chi connectivity index (χ1n) is 9.66. The summed E-state index contributed by atoms with van der Waals surface area (Å²) in [6, 6.07) is 13.2. The first kappa shape index (κ1) is 21.7. The number of nitrogens with one attached hydrogen (secondary N) is 1. The average Bonchev–Trinajstić information content (AvgIpc) is 2.81. The Balaban J connectivity index is 1.64. The van der Waals surface area contributed by atoms with Crippen LogP contribution in [0.15, 0.2) is 66.5 Å². The first-order valence-corrected chi connectivity index (χ1v) is 10.4. The number of nitrogens with zero attached hydrogens (tertiary/aromatic N) is 2. The minimum Gasteiger partial charge on any atom is -0.348 e. The molecular weight excluding hydrogens is 449 g/mol. The molecule has 2 heterocycles. The maximum absolute atomic E-state index is 13.2. The van der Waals surface area contributed by atoms with Crippen molar-refractivity contribution in [2.24, 2.45) is 0 Å². The molecule has 32 heavy (non-hydrogen) atoms. The topological polar surface area (TPSA) is 79.4 Å². The van der Waals surface area contributed by atoms with Gasteiger partial charge in [-0.2, -0.15) is 0 Å². The number of hydrogen-bond acceptors (Lipinski definition) is 4. The van der Waals surface area contributed by atoms with Crippen LogP contribution in [0.25, 0.3) is 6.08 Å². The average molecular weight is 466 g/mol. The van der Waals surface area contributed by atoms with Gasteiger partial charge in [0.2, 0.25) is 5.78 Å². The van der Waals surface area contributed by atoms with E-state index in [1.165, 1.54) is 17.0 Å². The molecule has 3 aromatic rings. The third kappa shape index (κ3) is 4.28. The molecule has 0 atom stereocenters. The molecule has 1 aromatic heterocycles. The molecule has 1 N–H and O–H groups in total. The zero-order valence-corrected chi connectivity index (χ0v) is 18.4. The number of pyridine rings is 1. The molecule has 0 fully saturated rings. The van der Waals surface area contributed by atoms with Gasteiger partial charge in [0.15, 0.2) is 0 Å². The zero-order valence-electron chi connectivity index (χ0n) is 16.9. The van der Waals surface area contributed by atoms with Gasteiger partial charge in [-0.3, -0.25) is 19.4 Å². The highest BCUT2D eigenvalue weighted by Gasteiger charge is 2.33. The standard InChI is InChI=1S/C24H17Cl2N3O3/c1-29-21-7-5-16(23(31)28-13-15-3-2-8-27-12-15)11-17(21)22(30)18(24(29)32)9-14-4-6-19(25)20(26)10-14/h2-12H,13H2,1H3,(H,28,31)/b18-9+. The van der Waals surface area contributed by atoms with Crippen LogP contribution in [-0.2, 0) is 11.3 Å². The number of carbonyl (C=O) groups excluding carboxylic acids is 3. The Morgan fingerprint density at radius 3 is 2.62 bits per heavy atom. The van der Waals surface area contributed by atoms with Crippen molar-refractivity contribution < 1.29 is 14.4 Å². The molecular formula is C24H17Cl2N3O3. The lowest BCUT2D eigenvalue weighted by atomic mass is 9.92. The smallest absolute Gasteiger partial charge is 0.262 e. The highest BCUT2D eigenvalue weighted by Crippen LogP contribution is 2.32. The van der Waals surface area contributed by atoms with Gasteiger partial charge in [-0.05, 0) is 53.6 Å². The second kappa shape index (κ2) is 8.94. The zero-order chi connectivity index (χ0) is 22.8. The SMILES string of the molecule is CN1C(=O)/C(=C/c2ccc(Cl)c(Cl)c2)C(=O)c2cc(C(=O)NCc3cccnc3)ccc21. The summed E-state index contributed by atoms with van der Waals surface area (Å²) < 4.78 is 0. The number of ketones is 1. The molecule has 0 saturated carbocycles. The number of anilines is 1. The third-order valence-corrected chi connectivity index (χ3v) is 5.81. The van der Waals surface area contributed by atoms with E-state index >= 15 is 0 Å². The molecule has 160 valence electrons. The predicted molar refractivity (Wildman–Crippen MR) is 124 cm³/mol. The van der Waals surface area contributed by atoms with Crippen LogP contribution in [0.5, 0.6) is 0 Å². The molecule has 1 aliphatic heterocycles. The Morgan fingerprint density at radius 2 is 1.91 bits per heavy atom. The maximum Gasteiger partial charge on any atom is 0.262 e. The quantitative estimate of drug-likeness (QED) is 0.452. The summed E-state index contributed by atoms with van der Waals surface area (Å²) in [5.74, 6) is -1.24. The summed E-state index contributed by atoms with van der Waals surface area (Å²) in [5, 5.41) is 3.50. The molecule has 0 unspecified atom stereocenters. The normalized spacial score (nSPS) is 14.5. The number of hydrogen-bond donors (Lipinski definition) is 1. The predicted octanol–water partition coefficient (Wildman–Crippen LogP) is 4.56. The Bertz CT molecular complexity index is 1270. The van der Waals surface area contributed by atoms with E-state index in [1.54, 1.807) is 55.8 Å². The molecule has 0 spiro atoms. The largest absolute Gasteiger partial charge is 0.348 e. The van der Waals surface area contributed by atoms with Crippen molar-refractivity contribution in [2.75, 3.05) is 11.9 Å². The Kier molecular flexibility index (Phi) is 6.08. The van der Waals surface area contributed by atoms with Crippen LogP contribution in [0.2, 0.25) is 10.0 Å². The van der Waals surface area contributed by atoms with Crippen molar-refractivity contribution in [3.8, 4) is 0 Å². The lowest BCUT2D eigenvalue weighted by Crippen LogP contribution is -2.37. The van der Waals surface area contributed by atoms with Gasteiger partial charge in [-0.1, -0.05) is 35.3 Å². The molecule has 6 nitrogen and oxygen atoms in total. The van der Waals surface area contributed by atoms with E-state index in [1.807, 2.05) is 6.07 Å². The number of Topliss-reactive ketones (excluding diaryl/α,β-unsaturated/α-hetero) is 1. The lowest BCUT2D eigenvalue weighted by Gasteiger charge is -2.27. The number of amides is 2. The number of rotatable bonds is 4. The molecule has 8 heteroatoms. The highest BCUT2D eigenvalue weighted by molar-refractivity contribution is 6.42. The van der Waals surface area contributed by atoms with Gasteiger partial charge in [0, 0.05) is 37.1 Å². The van der Waals surface area contributed by atoms with Crippen LogP contribution in [0.4, 0.5) is 5.69 Å². The van der Waals surface area contributed by atoms with Gasteiger partial charge in [-0.15, -0.1) is 0 Å². The summed E-state index contributed by atoms with van der Waals surface area (Å²) in [6.07, 6.45) is 4.79. The van der Waals surface area contributed by atoms with E-state index in [0.717, 1.165) is 5.56 Å². The van der Waals surface area contributed by atoms with Crippen molar-refractivity contribution in [1.29, 1.82) is 0 Å². The van der Waals surface area contributed by atoms with Crippen LogP contribution in [0, 0.1) is 0 Å². The summed E-state index contributed by atoms with van der Waals surface area (Å²) in [4.78, 5) is 44.0. The van der Waals surface area contributed by atoms with Gasteiger partial charge in [0.25, 0.3) is 11.8 Å². The first-order chi connectivity index (χ1) is 15.3. The van der Waals surface area contributed by atoms with Crippen LogP contribution in [0.1, 0.15) is 31.8 Å². The van der Waals surface area contributed by atoms with Crippen LogP contribution < -0.4 is 10.2 Å². The molecule has 4 rings (SSSR count). The second-order valence-corrected chi connectivity index (χ2v) is 8.02. The molecule has 0 bridgehead atoms. The van der Waals surface area contributed by atoms with Crippen molar-refractivity contribution >= 4 is 52.6 Å². The molecule has 2 amide bonds. The van der Waals surface area contributed by atoms with Gasteiger partial charge in [-0.25, -0.2) is 0 Å². The Morgan fingerprint density at radius 1 is 1.09 bits per heavy atom. The minimum atomic E-state index is -0.462. The van der Waals surface area contributed by atoms with E-state index in [2.05, 4.69) is 10.3 Å². The van der Waals surface area contributed by atoms with Crippen molar-refractivity contribution in [3.05, 3.63) is 98.8 Å². The van der Waals surface area contributed by atoms with Crippen molar-refractivity contribution in [3.63, 3.8) is 0 Å². The van der Waals surface area contributed by atoms with Crippen molar-refractivity contribution in [2.45, 2.75) is 6.54 Å². The van der Waals surface area contributed by atoms with E-state index in [4.69, 9.17) is 23.2 Å². The fraction of sp³-hybridized carbons (Fsp3) is 0.0833. The summed E-state index contributed by atoms with van der Waals surface area (Å²) in [7, 11) is 1.58. The minimum absolute atomic E-state index is 0.0219. The molecule has 1 aliphatic rings. The van der Waals surface area contributed by atoms with Gasteiger partial charge in [0.1, 0.15) is 0 Å². The van der Waals surface area contributed by atoms with Gasteiger partial charge in [0.05, 0.1) is 21.3 Å². The number of fused-ring (bicyclic) bond motifs is 1. The second-order valence-electron chi connectivity index (χ2n) is 7.20. The fourth-order valence-electron chi connectivity index (χ4n) is 3.37. The Hall–Kier alpha value is -3.48. The summed E-state index contributed by atoms with van der Waals surface area (Å²) >= 11 is 12.0. The van der Waals surface area contributed by atoms with E-state index < -0.39 is 11.7 Å². The van der Waals surface area contributed by atoms with Gasteiger partial charge >= 0.3 is 0 Å².